The Bertz CT molecular complexity index is 1530. The molecule has 3 saturated heterocycles. The molecule has 1 saturated carbocycles. The van der Waals surface area contributed by atoms with Crippen molar-refractivity contribution < 1.29 is 37.0 Å². The number of halogens is 4. The number of aliphatic carboxylic acids is 1. The van der Waals surface area contributed by atoms with Gasteiger partial charge in [-0.2, -0.15) is 18.4 Å². The highest BCUT2D eigenvalue weighted by Crippen LogP contribution is 2.47. The molecule has 48 heavy (non-hydrogen) atoms. The summed E-state index contributed by atoms with van der Waals surface area (Å²) in [5, 5.41) is 19.2. The van der Waals surface area contributed by atoms with Crippen molar-refractivity contribution in [2.24, 2.45) is 5.92 Å². The summed E-state index contributed by atoms with van der Waals surface area (Å²) >= 11 is 0. The molecule has 2 aromatic rings. The van der Waals surface area contributed by atoms with E-state index in [-0.39, 0.29) is 38.6 Å². The van der Waals surface area contributed by atoms with Crippen LogP contribution in [0, 0.1) is 17.2 Å². The smallest absolute Gasteiger partial charge is 0.416 e. The minimum absolute atomic E-state index is 0.0299. The van der Waals surface area contributed by atoms with Gasteiger partial charge in [-0.15, -0.1) is 0 Å². The van der Waals surface area contributed by atoms with E-state index in [0.717, 1.165) is 37.8 Å². The highest BCUT2D eigenvalue weighted by Gasteiger charge is 2.58. The van der Waals surface area contributed by atoms with Gasteiger partial charge in [-0.25, -0.2) is 4.39 Å². The minimum Gasteiger partial charge on any atom is -0.497 e. The molecule has 1 N–H and O–H groups in total. The maximum atomic E-state index is 17.7. The minimum atomic E-state index is -4.58. The first-order valence-electron chi connectivity index (χ1n) is 16.9. The van der Waals surface area contributed by atoms with E-state index in [1.807, 2.05) is 0 Å². The average molecular weight is 671 g/mol. The lowest BCUT2D eigenvalue weighted by atomic mass is 9.85. The Morgan fingerprint density at radius 2 is 1.73 bits per heavy atom. The van der Waals surface area contributed by atoms with E-state index in [2.05, 4.69) is 11.0 Å². The van der Waals surface area contributed by atoms with Crippen LogP contribution in [-0.2, 0) is 15.8 Å². The van der Waals surface area contributed by atoms with Crippen LogP contribution in [0.15, 0.2) is 42.5 Å². The Kier molecular flexibility index (Phi) is 9.62. The van der Waals surface area contributed by atoms with Crippen molar-refractivity contribution in [3.8, 4) is 11.8 Å². The summed E-state index contributed by atoms with van der Waals surface area (Å²) in [7, 11) is 1.55. The fraction of sp³-hybridized carbons (Fsp3) is 0.583. The normalized spacial score (nSPS) is 27.4. The van der Waals surface area contributed by atoms with Gasteiger partial charge in [-0.3, -0.25) is 14.5 Å². The van der Waals surface area contributed by atoms with Crippen LogP contribution in [0.3, 0.4) is 0 Å². The van der Waals surface area contributed by atoms with Gasteiger partial charge in [0.25, 0.3) is 5.91 Å². The number of methoxy groups -OCH3 is 1. The Morgan fingerprint density at radius 1 is 1.04 bits per heavy atom. The number of ether oxygens (including phenoxy) is 1. The van der Waals surface area contributed by atoms with Crippen molar-refractivity contribution in [3.05, 3.63) is 59.2 Å². The van der Waals surface area contributed by atoms with Crippen molar-refractivity contribution >= 4 is 17.6 Å². The van der Waals surface area contributed by atoms with Crippen molar-refractivity contribution in [3.63, 3.8) is 0 Å². The van der Waals surface area contributed by atoms with Crippen LogP contribution in [0.5, 0.6) is 5.75 Å². The summed E-state index contributed by atoms with van der Waals surface area (Å²) < 4.78 is 64.6. The fourth-order valence-electron chi connectivity index (χ4n) is 8.45. The molecule has 0 bridgehead atoms. The van der Waals surface area contributed by atoms with Gasteiger partial charge in [0.2, 0.25) is 5.67 Å². The number of benzene rings is 2. The predicted molar refractivity (Wildman–Crippen MR) is 171 cm³/mol. The van der Waals surface area contributed by atoms with Crippen LogP contribution in [0.1, 0.15) is 79.9 Å². The van der Waals surface area contributed by atoms with Crippen LogP contribution in [-0.4, -0.2) is 84.4 Å². The number of hydrogen-bond acceptors (Lipinski definition) is 6. The van der Waals surface area contributed by atoms with Gasteiger partial charge in [-0.05, 0) is 67.5 Å². The zero-order chi connectivity index (χ0) is 34.2. The van der Waals surface area contributed by atoms with Crippen molar-refractivity contribution in [2.45, 2.75) is 87.1 Å². The number of hydrogen-bond donors (Lipinski definition) is 1. The van der Waals surface area contributed by atoms with Gasteiger partial charge in [0.1, 0.15) is 5.75 Å². The van der Waals surface area contributed by atoms with E-state index in [1.54, 1.807) is 36.3 Å². The lowest BCUT2D eigenvalue weighted by Gasteiger charge is -2.35. The lowest BCUT2D eigenvalue weighted by Crippen LogP contribution is -2.52. The van der Waals surface area contributed by atoms with E-state index in [0.29, 0.717) is 48.4 Å². The summed E-state index contributed by atoms with van der Waals surface area (Å²) in [4.78, 5) is 31.5. The summed E-state index contributed by atoms with van der Waals surface area (Å²) in [6.45, 7) is 0.943. The van der Waals surface area contributed by atoms with Crippen LogP contribution >= 0.6 is 0 Å². The van der Waals surface area contributed by atoms with E-state index in [9.17, 15) is 33.1 Å². The molecule has 0 spiro atoms. The van der Waals surface area contributed by atoms with E-state index in [1.165, 1.54) is 11.0 Å². The first kappa shape index (κ1) is 34.0. The number of alkyl halides is 4. The summed E-state index contributed by atoms with van der Waals surface area (Å²) in [6.07, 6.45) is 0.297. The fourth-order valence-corrected chi connectivity index (χ4v) is 8.45. The second-order valence-corrected chi connectivity index (χ2v) is 13.8. The Hall–Kier alpha value is -3.85. The van der Waals surface area contributed by atoms with Crippen LogP contribution in [0.25, 0.3) is 0 Å². The number of carbonyl (C=O) groups is 2. The number of anilines is 1. The molecule has 3 heterocycles. The molecule has 1 aliphatic carbocycles. The number of piperidine rings is 1. The second kappa shape index (κ2) is 13.6. The van der Waals surface area contributed by atoms with E-state index >= 15 is 4.39 Å². The van der Waals surface area contributed by atoms with Gasteiger partial charge in [-0.1, -0.05) is 31.0 Å². The van der Waals surface area contributed by atoms with Gasteiger partial charge >= 0.3 is 12.1 Å². The van der Waals surface area contributed by atoms with Gasteiger partial charge in [0, 0.05) is 62.3 Å². The topological polar surface area (TPSA) is 97.1 Å². The number of nitrogens with zero attached hydrogens (tertiary/aromatic N) is 4. The molecule has 4 atom stereocenters. The highest BCUT2D eigenvalue weighted by molar-refractivity contribution is 5.88. The van der Waals surface area contributed by atoms with Gasteiger partial charge in [0.15, 0.2) is 0 Å². The Balaban J connectivity index is 1.32. The molecule has 8 nitrogen and oxygen atoms in total. The second-order valence-electron chi connectivity index (χ2n) is 13.8. The average Bonchev–Trinajstić information content (AvgIpc) is 3.84. The van der Waals surface area contributed by atoms with Crippen LogP contribution in [0.4, 0.5) is 23.2 Å². The molecule has 0 aromatic heterocycles. The maximum Gasteiger partial charge on any atom is 0.416 e. The molecule has 3 aliphatic heterocycles. The molecular formula is C36H42F4N4O4. The third-order valence-electron chi connectivity index (χ3n) is 11.1. The number of carboxylic acids is 1. The predicted octanol–water partition coefficient (Wildman–Crippen LogP) is 6.36. The van der Waals surface area contributed by atoms with Gasteiger partial charge < -0.3 is 19.6 Å². The maximum absolute atomic E-state index is 17.7. The summed E-state index contributed by atoms with van der Waals surface area (Å²) in [5.74, 6) is -2.72. The third-order valence-corrected chi connectivity index (χ3v) is 11.1. The van der Waals surface area contributed by atoms with Crippen molar-refractivity contribution in [1.82, 2.24) is 9.80 Å². The van der Waals surface area contributed by atoms with Crippen LogP contribution < -0.4 is 9.64 Å². The molecule has 4 fully saturated rings. The van der Waals surface area contributed by atoms with Crippen molar-refractivity contribution in [2.75, 3.05) is 44.7 Å². The molecule has 0 radical (unpaired) electrons. The third kappa shape index (κ3) is 6.58. The van der Waals surface area contributed by atoms with E-state index < -0.39 is 53.1 Å². The molecule has 6 rings (SSSR count). The molecule has 4 aliphatic rings. The molecular weight excluding hydrogens is 628 g/mol. The Labute approximate surface area is 278 Å². The first-order valence-corrected chi connectivity index (χ1v) is 16.9. The SMILES string of the molecule is COc1ccc([C@@H]2CN(C3CCCC3)C[C@@]2(F)C(=O)N2C[C@H](c3ccc(C(F)(F)F)cc3N3CCC(C(=O)O)CC3)C[C@H]2CC#N)cc1. The number of nitriles is 1. The molecule has 0 unspecified atom stereocenters. The number of amides is 1. The summed E-state index contributed by atoms with van der Waals surface area (Å²) in [5.41, 5.74) is -1.45. The van der Waals surface area contributed by atoms with Crippen LogP contribution in [0.2, 0.25) is 0 Å². The quantitative estimate of drug-likeness (QED) is 0.327. The van der Waals surface area contributed by atoms with Crippen molar-refractivity contribution in [1.29, 1.82) is 5.26 Å². The number of carboxylic acid groups (broad SMARTS) is 1. The molecule has 12 heteroatoms. The standard InChI is InChI=1S/C36H42F4N4O4/c1-48-29-9-6-23(7-10-29)31-21-43(27-4-2-3-5-27)22-35(31,37)34(47)44-20-25(18-28(44)12-15-41)30-11-8-26(36(38,39)40)19-32(30)42-16-13-24(14-17-42)33(45)46/h6-11,19,24-25,27-28,31H,2-5,12-14,16-18,20-22H2,1H3,(H,45,46)/t25-,28-,31+,35+/m1/s1. The Morgan fingerprint density at radius 3 is 2.33 bits per heavy atom. The number of rotatable bonds is 8. The van der Waals surface area contributed by atoms with Gasteiger partial charge in [0.05, 0.1) is 31.1 Å². The number of carbonyl (C=O) groups excluding carboxylic acids is 1. The van der Waals surface area contributed by atoms with E-state index in [4.69, 9.17) is 4.74 Å². The monoisotopic (exact) mass is 670 g/mol. The largest absolute Gasteiger partial charge is 0.497 e. The highest BCUT2D eigenvalue weighted by atomic mass is 19.4. The summed E-state index contributed by atoms with van der Waals surface area (Å²) in [6, 6.07) is 12.4. The first-order chi connectivity index (χ1) is 22.9. The zero-order valence-electron chi connectivity index (χ0n) is 27.1. The molecule has 2 aromatic carbocycles. The molecule has 258 valence electrons. The lowest BCUT2D eigenvalue weighted by molar-refractivity contribution is -0.145. The molecule has 1 amide bonds. The zero-order valence-corrected chi connectivity index (χ0v) is 27.1. The number of likely N-dealkylation sites (tertiary alicyclic amines) is 2.